The molecule has 16 N–H and O–H groups in total. The van der Waals surface area contributed by atoms with Crippen LogP contribution in [0.15, 0.2) is 12.4 Å². The predicted octanol–water partition coefficient (Wildman–Crippen LogP) is -3.49. The van der Waals surface area contributed by atoms with Crippen molar-refractivity contribution in [2.45, 2.75) is 148 Å². The van der Waals surface area contributed by atoms with Gasteiger partial charge in [0.15, 0.2) is 0 Å². The van der Waals surface area contributed by atoms with Crippen molar-refractivity contribution in [2.24, 2.45) is 29.2 Å². The minimum atomic E-state index is -1.63. The van der Waals surface area contributed by atoms with E-state index in [9.17, 15) is 53.7 Å². The minimum Gasteiger partial charge on any atom is -0.480 e. The number of hydrogen-bond donors (Lipinski definition) is 14. The molecule has 61 heavy (non-hydrogen) atoms. The van der Waals surface area contributed by atoms with Gasteiger partial charge in [-0.3, -0.25) is 33.6 Å². The monoisotopic (exact) mass is 873 g/mol. The number of carboxylic acids is 1. The van der Waals surface area contributed by atoms with Gasteiger partial charge in [-0.2, -0.15) is 0 Å². The molecule has 0 aliphatic heterocycles. The number of aliphatic hydroxyl groups is 3. The number of carbonyl (C=O) groups excluding carboxylic acids is 7. The van der Waals surface area contributed by atoms with E-state index in [1.165, 1.54) is 6.92 Å². The molecule has 22 nitrogen and oxygen atoms in total. The summed E-state index contributed by atoms with van der Waals surface area (Å²) in [6.45, 7) is 15.6. The summed E-state index contributed by atoms with van der Waals surface area (Å²) in [5.74, 6) is -8.19. The molecular formula is C39H72N10O12. The molecular weight excluding hydrogens is 800 g/mol. The summed E-state index contributed by atoms with van der Waals surface area (Å²) in [6.07, 6.45) is -1.38. The standard InChI is InChI=1S/C39H72N10O12/c1-10-13-24(33(54)47-27(18-50)39(60)61)44-28(52)17-43-37(58)31(22(8)51)49-38(59)30(21(7)11-2)48-34(55)25(14-12-15-42-23(9)40)45-35(56)26(16-19(3)4)46-36(57)29(41)32(53)20(5)6/h19-22,24-27,29-32,42,50-51,53H,9-18,40-41H2,1-8H3,(H,43,58)(H,44,52)(H,45,56)(H,46,57)(H,47,54)(H,48,55)(H,49,59)(H,60,61)/t21-,22-,24-,25+,26-,27-,29-,30-,31-,32+/m0/s1. The van der Waals surface area contributed by atoms with Crippen molar-refractivity contribution in [1.82, 2.24) is 42.5 Å². The molecule has 10 atom stereocenters. The molecule has 7 amide bonds. The highest BCUT2D eigenvalue weighted by Gasteiger charge is 2.36. The molecule has 0 heterocycles. The van der Waals surface area contributed by atoms with E-state index in [1.54, 1.807) is 34.6 Å². The first-order valence-corrected chi connectivity index (χ1v) is 20.6. The van der Waals surface area contributed by atoms with Crippen LogP contribution in [-0.2, 0) is 38.4 Å². The van der Waals surface area contributed by atoms with Crippen LogP contribution in [0.5, 0.6) is 0 Å². The smallest absolute Gasteiger partial charge is 0.328 e. The van der Waals surface area contributed by atoms with E-state index in [1.807, 2.05) is 13.8 Å². The van der Waals surface area contributed by atoms with E-state index in [4.69, 9.17) is 16.6 Å². The number of carboxylic acid groups (broad SMARTS) is 1. The van der Waals surface area contributed by atoms with Crippen molar-refractivity contribution in [3.63, 3.8) is 0 Å². The molecule has 0 aliphatic carbocycles. The number of aliphatic hydroxyl groups excluding tert-OH is 3. The maximum Gasteiger partial charge on any atom is 0.328 e. The van der Waals surface area contributed by atoms with Crippen LogP contribution in [0.25, 0.3) is 0 Å². The highest BCUT2D eigenvalue weighted by atomic mass is 16.4. The largest absolute Gasteiger partial charge is 0.480 e. The number of hydrogen-bond acceptors (Lipinski definition) is 14. The van der Waals surface area contributed by atoms with E-state index in [0.29, 0.717) is 12.8 Å². The molecule has 0 aliphatic rings. The third-order valence-corrected chi connectivity index (χ3v) is 9.65. The molecule has 0 spiro atoms. The van der Waals surface area contributed by atoms with E-state index in [0.717, 1.165) is 0 Å². The second kappa shape index (κ2) is 28.5. The van der Waals surface area contributed by atoms with E-state index in [-0.39, 0.29) is 49.9 Å². The van der Waals surface area contributed by atoms with Gasteiger partial charge in [0.25, 0.3) is 0 Å². The summed E-state index contributed by atoms with van der Waals surface area (Å²) in [6, 6.07) is -9.49. The highest BCUT2D eigenvalue weighted by Crippen LogP contribution is 2.13. The number of nitrogens with two attached hydrogens (primary N) is 2. The minimum absolute atomic E-state index is 0.0315. The molecule has 0 rings (SSSR count). The summed E-state index contributed by atoms with van der Waals surface area (Å²) in [5.41, 5.74) is 11.6. The van der Waals surface area contributed by atoms with E-state index >= 15 is 0 Å². The Morgan fingerprint density at radius 1 is 0.656 bits per heavy atom. The zero-order valence-corrected chi connectivity index (χ0v) is 36.7. The first-order valence-electron chi connectivity index (χ1n) is 20.6. The van der Waals surface area contributed by atoms with Crippen LogP contribution in [0, 0.1) is 17.8 Å². The van der Waals surface area contributed by atoms with Crippen LogP contribution in [0.3, 0.4) is 0 Å². The molecule has 350 valence electrons. The Labute approximate surface area is 357 Å². The molecule has 0 radical (unpaired) electrons. The Morgan fingerprint density at radius 3 is 1.67 bits per heavy atom. The van der Waals surface area contributed by atoms with Crippen LogP contribution in [0.4, 0.5) is 0 Å². The Kier molecular flexibility index (Phi) is 26.1. The van der Waals surface area contributed by atoms with E-state index < -0.39 is 121 Å². The lowest BCUT2D eigenvalue weighted by molar-refractivity contribution is -0.143. The quantitative estimate of drug-likeness (QED) is 0.0312. The maximum absolute atomic E-state index is 14.0. The lowest BCUT2D eigenvalue weighted by atomic mass is 9.96. The molecule has 22 heteroatoms. The lowest BCUT2D eigenvalue weighted by Crippen LogP contribution is -2.62. The molecule has 0 aromatic heterocycles. The summed E-state index contributed by atoms with van der Waals surface area (Å²) in [7, 11) is 0. The van der Waals surface area contributed by atoms with Gasteiger partial charge in [0.1, 0.15) is 42.3 Å². The maximum atomic E-state index is 14.0. The topological polar surface area (TPSA) is 366 Å². The van der Waals surface area contributed by atoms with Gasteiger partial charge < -0.3 is 74.4 Å². The summed E-state index contributed by atoms with van der Waals surface area (Å²) < 4.78 is 0. The van der Waals surface area contributed by atoms with Crippen molar-refractivity contribution in [2.75, 3.05) is 19.7 Å². The molecule has 0 unspecified atom stereocenters. The number of rotatable bonds is 30. The van der Waals surface area contributed by atoms with Crippen molar-refractivity contribution in [3.05, 3.63) is 12.4 Å². The molecule has 0 saturated carbocycles. The molecule has 0 bridgehead atoms. The third-order valence-electron chi connectivity index (χ3n) is 9.65. The molecule has 0 aromatic carbocycles. The van der Waals surface area contributed by atoms with Crippen molar-refractivity contribution < 1.29 is 58.8 Å². The molecule has 0 saturated heterocycles. The van der Waals surface area contributed by atoms with Crippen LogP contribution in [0.2, 0.25) is 0 Å². The van der Waals surface area contributed by atoms with Crippen LogP contribution in [0.1, 0.15) is 93.9 Å². The normalized spacial score (nSPS) is 16.2. The van der Waals surface area contributed by atoms with Gasteiger partial charge >= 0.3 is 5.97 Å². The first-order chi connectivity index (χ1) is 28.4. The van der Waals surface area contributed by atoms with Crippen molar-refractivity contribution in [1.29, 1.82) is 0 Å². The van der Waals surface area contributed by atoms with Gasteiger partial charge in [0.05, 0.1) is 31.2 Å². The second-order valence-electron chi connectivity index (χ2n) is 15.9. The Morgan fingerprint density at radius 2 is 1.18 bits per heavy atom. The fraction of sp³-hybridized carbons (Fsp3) is 0.744. The number of carbonyl (C=O) groups is 8. The number of aliphatic carboxylic acids is 1. The van der Waals surface area contributed by atoms with Crippen LogP contribution in [-0.4, -0.2) is 142 Å². The van der Waals surface area contributed by atoms with Gasteiger partial charge in [-0.25, -0.2) is 4.79 Å². The second-order valence-corrected chi connectivity index (χ2v) is 15.9. The highest BCUT2D eigenvalue weighted by molar-refractivity contribution is 5.97. The number of nitrogens with one attached hydrogen (secondary N) is 8. The fourth-order valence-corrected chi connectivity index (χ4v) is 5.78. The summed E-state index contributed by atoms with van der Waals surface area (Å²) in [4.78, 5) is 104. The van der Waals surface area contributed by atoms with Crippen LogP contribution >= 0.6 is 0 Å². The Hall–Kier alpha value is -5.06. The van der Waals surface area contributed by atoms with Gasteiger partial charge in [-0.15, -0.1) is 0 Å². The number of amides is 7. The Balaban J connectivity index is 6.19. The molecule has 0 fully saturated rings. The van der Waals surface area contributed by atoms with E-state index in [2.05, 4.69) is 49.1 Å². The Bertz CT molecular complexity index is 1480. The van der Waals surface area contributed by atoms with Gasteiger partial charge in [-0.1, -0.05) is 67.9 Å². The third kappa shape index (κ3) is 20.8. The first kappa shape index (κ1) is 55.9. The van der Waals surface area contributed by atoms with Gasteiger partial charge in [0, 0.05) is 6.54 Å². The SMILES string of the molecule is C=C(N)NCCC[C@@H](NC(=O)[C@H](CC(C)C)NC(=O)[C@@H](N)[C@H](O)C(C)C)C(=O)N[C@H](C(=O)N[C@H](C(=O)NCC(=O)N[C@@H](CCC)C(=O)N[C@@H](CO)C(=O)O)[C@H](C)O)[C@@H](C)CC. The zero-order valence-electron chi connectivity index (χ0n) is 36.7. The van der Waals surface area contributed by atoms with Crippen molar-refractivity contribution in [3.8, 4) is 0 Å². The fourth-order valence-electron chi connectivity index (χ4n) is 5.78. The summed E-state index contributed by atoms with van der Waals surface area (Å²) in [5, 5.41) is 59.2. The zero-order chi connectivity index (χ0) is 47.1. The molecule has 0 aromatic rings. The van der Waals surface area contributed by atoms with Crippen molar-refractivity contribution >= 4 is 47.3 Å². The van der Waals surface area contributed by atoms with Gasteiger partial charge in [0.2, 0.25) is 41.4 Å². The van der Waals surface area contributed by atoms with Gasteiger partial charge in [-0.05, 0) is 50.4 Å². The lowest BCUT2D eigenvalue weighted by Gasteiger charge is -2.30. The average molecular weight is 873 g/mol. The average Bonchev–Trinajstić information content (AvgIpc) is 3.18. The predicted molar refractivity (Wildman–Crippen MR) is 224 cm³/mol. The summed E-state index contributed by atoms with van der Waals surface area (Å²) >= 11 is 0. The van der Waals surface area contributed by atoms with Crippen LogP contribution < -0.4 is 54.0 Å².